The van der Waals surface area contributed by atoms with E-state index in [0.717, 1.165) is 39.7 Å². The van der Waals surface area contributed by atoms with Crippen molar-refractivity contribution in [3.63, 3.8) is 0 Å². The van der Waals surface area contributed by atoms with Gasteiger partial charge in [-0.1, -0.05) is 22.9 Å². The topological polar surface area (TPSA) is 47.0 Å². The number of halogens is 2. The summed E-state index contributed by atoms with van der Waals surface area (Å²) in [6.45, 7) is 5.88. The van der Waals surface area contributed by atoms with E-state index in [9.17, 15) is 0 Å². The van der Waals surface area contributed by atoms with E-state index in [0.29, 0.717) is 11.8 Å². The molecule has 1 heterocycles. The lowest BCUT2D eigenvalue weighted by molar-refractivity contribution is 0.436. The van der Waals surface area contributed by atoms with Gasteiger partial charge in [-0.05, 0) is 54.0 Å². The van der Waals surface area contributed by atoms with Gasteiger partial charge in [0, 0.05) is 28.5 Å². The van der Waals surface area contributed by atoms with Crippen LogP contribution in [-0.4, -0.2) is 16.5 Å². The molecule has 0 amide bonds. The molecule has 112 valence electrons. The van der Waals surface area contributed by atoms with Crippen molar-refractivity contribution in [3.05, 3.63) is 44.6 Å². The SMILES string of the molecule is CCCNCc1cnc(Oc2ccc(Br)cc2Br)nc1C. The van der Waals surface area contributed by atoms with Crippen LogP contribution in [0.5, 0.6) is 11.8 Å². The number of nitrogens with zero attached hydrogens (tertiary/aromatic N) is 2. The van der Waals surface area contributed by atoms with Crippen LogP contribution in [0.1, 0.15) is 24.6 Å². The van der Waals surface area contributed by atoms with E-state index < -0.39 is 0 Å². The number of hydrogen-bond donors (Lipinski definition) is 1. The molecular weight excluding hydrogens is 398 g/mol. The summed E-state index contributed by atoms with van der Waals surface area (Å²) in [7, 11) is 0. The zero-order chi connectivity index (χ0) is 15.2. The van der Waals surface area contributed by atoms with Gasteiger partial charge in [-0.2, -0.15) is 4.98 Å². The third-order valence-corrected chi connectivity index (χ3v) is 4.01. The van der Waals surface area contributed by atoms with Crippen LogP contribution in [0.4, 0.5) is 0 Å². The van der Waals surface area contributed by atoms with Crippen molar-refractivity contribution in [2.75, 3.05) is 6.54 Å². The average molecular weight is 415 g/mol. The molecule has 0 unspecified atom stereocenters. The van der Waals surface area contributed by atoms with Crippen LogP contribution >= 0.6 is 31.9 Å². The fourth-order valence-corrected chi connectivity index (χ4v) is 2.88. The molecule has 0 radical (unpaired) electrons. The molecule has 0 aliphatic carbocycles. The minimum Gasteiger partial charge on any atom is -0.423 e. The molecule has 0 saturated carbocycles. The van der Waals surface area contributed by atoms with E-state index in [4.69, 9.17) is 4.74 Å². The standard InChI is InChI=1S/C15H17Br2N3O/c1-3-6-18-8-11-9-19-15(20-10(11)2)21-14-5-4-12(16)7-13(14)17/h4-5,7,9,18H,3,6,8H2,1-2H3. The summed E-state index contributed by atoms with van der Waals surface area (Å²) < 4.78 is 7.55. The lowest BCUT2D eigenvalue weighted by atomic mass is 10.2. The third kappa shape index (κ3) is 4.76. The first-order valence-electron chi connectivity index (χ1n) is 6.76. The number of ether oxygens (including phenoxy) is 1. The number of aryl methyl sites for hydroxylation is 1. The lowest BCUT2D eigenvalue weighted by Crippen LogP contribution is -2.15. The van der Waals surface area contributed by atoms with Gasteiger partial charge in [-0.3, -0.25) is 0 Å². The van der Waals surface area contributed by atoms with Gasteiger partial charge in [0.05, 0.1) is 4.47 Å². The molecule has 1 aromatic carbocycles. The molecular formula is C15H17Br2N3O. The summed E-state index contributed by atoms with van der Waals surface area (Å²) in [4.78, 5) is 8.68. The quantitative estimate of drug-likeness (QED) is 0.701. The highest BCUT2D eigenvalue weighted by Gasteiger charge is 2.08. The molecule has 21 heavy (non-hydrogen) atoms. The summed E-state index contributed by atoms with van der Waals surface area (Å²) in [6.07, 6.45) is 2.92. The highest BCUT2D eigenvalue weighted by Crippen LogP contribution is 2.30. The molecule has 2 rings (SSSR count). The first-order chi connectivity index (χ1) is 10.1. The third-order valence-electron chi connectivity index (χ3n) is 2.90. The van der Waals surface area contributed by atoms with Crippen LogP contribution in [-0.2, 0) is 6.54 Å². The van der Waals surface area contributed by atoms with Crippen molar-refractivity contribution in [1.29, 1.82) is 0 Å². The number of nitrogens with one attached hydrogen (secondary N) is 1. The lowest BCUT2D eigenvalue weighted by Gasteiger charge is -2.09. The second-order valence-electron chi connectivity index (χ2n) is 4.62. The molecule has 1 N–H and O–H groups in total. The Bertz CT molecular complexity index is 620. The molecule has 0 aliphatic heterocycles. The van der Waals surface area contributed by atoms with E-state index >= 15 is 0 Å². The Labute approximate surface area is 141 Å². The summed E-state index contributed by atoms with van der Waals surface area (Å²) in [5.74, 6) is 0.689. The number of aromatic nitrogens is 2. The summed E-state index contributed by atoms with van der Waals surface area (Å²) in [6, 6.07) is 6.06. The highest BCUT2D eigenvalue weighted by atomic mass is 79.9. The first kappa shape index (κ1) is 16.4. The molecule has 0 bridgehead atoms. The Morgan fingerprint density at radius 3 is 2.76 bits per heavy atom. The van der Waals surface area contributed by atoms with Crippen molar-refractivity contribution in [2.24, 2.45) is 0 Å². The van der Waals surface area contributed by atoms with E-state index in [1.165, 1.54) is 0 Å². The van der Waals surface area contributed by atoms with Crippen LogP contribution in [0.2, 0.25) is 0 Å². The van der Waals surface area contributed by atoms with Crippen LogP contribution in [0.3, 0.4) is 0 Å². The monoisotopic (exact) mass is 413 g/mol. The Morgan fingerprint density at radius 1 is 1.29 bits per heavy atom. The normalized spacial score (nSPS) is 10.7. The molecule has 2 aromatic rings. The van der Waals surface area contributed by atoms with Gasteiger partial charge in [-0.15, -0.1) is 0 Å². The van der Waals surface area contributed by atoms with Crippen molar-refractivity contribution in [2.45, 2.75) is 26.8 Å². The van der Waals surface area contributed by atoms with Gasteiger partial charge in [-0.25, -0.2) is 4.98 Å². The van der Waals surface area contributed by atoms with Gasteiger partial charge in [0.2, 0.25) is 0 Å². The van der Waals surface area contributed by atoms with Crippen LogP contribution in [0.15, 0.2) is 33.3 Å². The molecule has 0 atom stereocenters. The smallest absolute Gasteiger partial charge is 0.322 e. The number of benzene rings is 1. The maximum Gasteiger partial charge on any atom is 0.322 e. The minimum atomic E-state index is 0.356. The zero-order valence-electron chi connectivity index (χ0n) is 12.0. The summed E-state index contributed by atoms with van der Waals surface area (Å²) >= 11 is 6.87. The predicted octanol–water partition coefficient (Wildman–Crippen LogP) is 4.60. The van der Waals surface area contributed by atoms with Crippen molar-refractivity contribution >= 4 is 31.9 Å². The van der Waals surface area contributed by atoms with Gasteiger partial charge in [0.15, 0.2) is 0 Å². The number of rotatable bonds is 6. The van der Waals surface area contributed by atoms with Crippen molar-refractivity contribution in [1.82, 2.24) is 15.3 Å². The fourth-order valence-electron chi connectivity index (χ4n) is 1.75. The van der Waals surface area contributed by atoms with Crippen LogP contribution in [0.25, 0.3) is 0 Å². The Kier molecular flexibility index (Phi) is 6.14. The summed E-state index contributed by atoms with van der Waals surface area (Å²) in [5.41, 5.74) is 2.02. The molecule has 4 nitrogen and oxygen atoms in total. The average Bonchev–Trinajstić information content (AvgIpc) is 2.44. The largest absolute Gasteiger partial charge is 0.423 e. The molecule has 1 aromatic heterocycles. The molecule has 0 spiro atoms. The van der Waals surface area contributed by atoms with Crippen molar-refractivity contribution in [3.8, 4) is 11.8 Å². The van der Waals surface area contributed by atoms with E-state index in [1.54, 1.807) is 0 Å². The maximum atomic E-state index is 5.72. The predicted molar refractivity (Wildman–Crippen MR) is 90.7 cm³/mol. The molecule has 0 saturated heterocycles. The molecule has 0 fully saturated rings. The Balaban J connectivity index is 2.09. The second kappa shape index (κ2) is 7.87. The van der Waals surface area contributed by atoms with Gasteiger partial charge < -0.3 is 10.1 Å². The van der Waals surface area contributed by atoms with Crippen LogP contribution in [0, 0.1) is 6.92 Å². The minimum absolute atomic E-state index is 0.356. The zero-order valence-corrected chi connectivity index (χ0v) is 15.2. The number of hydrogen-bond acceptors (Lipinski definition) is 4. The molecule has 6 heteroatoms. The van der Waals surface area contributed by atoms with Crippen LogP contribution < -0.4 is 10.1 Å². The molecule has 0 aliphatic rings. The van der Waals surface area contributed by atoms with Crippen molar-refractivity contribution < 1.29 is 4.74 Å². The Hall–Kier alpha value is -0.980. The van der Waals surface area contributed by atoms with E-state index in [1.807, 2.05) is 31.3 Å². The Morgan fingerprint density at radius 2 is 2.10 bits per heavy atom. The van der Waals surface area contributed by atoms with Gasteiger partial charge in [0.25, 0.3) is 0 Å². The maximum absolute atomic E-state index is 5.72. The second-order valence-corrected chi connectivity index (χ2v) is 6.39. The highest BCUT2D eigenvalue weighted by molar-refractivity contribution is 9.11. The van der Waals surface area contributed by atoms with Gasteiger partial charge in [0.1, 0.15) is 5.75 Å². The van der Waals surface area contributed by atoms with E-state index in [-0.39, 0.29) is 0 Å². The van der Waals surface area contributed by atoms with Gasteiger partial charge >= 0.3 is 6.01 Å². The van der Waals surface area contributed by atoms with E-state index in [2.05, 4.69) is 54.1 Å². The fraction of sp³-hybridized carbons (Fsp3) is 0.333. The first-order valence-corrected chi connectivity index (χ1v) is 8.35. The summed E-state index contributed by atoms with van der Waals surface area (Å²) in [5, 5.41) is 3.34.